The average molecular weight is 283 g/mol. The Kier molecular flexibility index (Phi) is 3.05. The van der Waals surface area contributed by atoms with E-state index in [0.717, 1.165) is 0 Å². The summed E-state index contributed by atoms with van der Waals surface area (Å²) in [6.07, 6.45) is 3.17. The molecule has 0 unspecified atom stereocenters. The first-order chi connectivity index (χ1) is 7.66. The average Bonchev–Trinajstić information content (AvgIpc) is 2.27. The van der Waals surface area contributed by atoms with Crippen LogP contribution in [0.1, 0.15) is 0 Å². The van der Waals surface area contributed by atoms with E-state index in [9.17, 15) is 4.39 Å². The number of rotatable bonds is 2. The molecule has 1 aromatic carbocycles. The molecule has 0 fully saturated rings. The van der Waals surface area contributed by atoms with Crippen molar-refractivity contribution >= 4 is 21.6 Å². The fourth-order valence-electron chi connectivity index (χ4n) is 1.17. The molecule has 0 aliphatic rings. The molecule has 0 bridgehead atoms. The van der Waals surface area contributed by atoms with Crippen molar-refractivity contribution in [2.75, 3.05) is 5.73 Å². The van der Waals surface area contributed by atoms with Gasteiger partial charge in [-0.15, -0.1) is 0 Å². The first-order valence-corrected chi connectivity index (χ1v) is 5.28. The zero-order chi connectivity index (χ0) is 11.5. The van der Waals surface area contributed by atoms with E-state index in [4.69, 9.17) is 10.5 Å². The van der Waals surface area contributed by atoms with Crippen molar-refractivity contribution in [1.29, 1.82) is 0 Å². The molecule has 2 rings (SSSR count). The minimum Gasteiger partial charge on any atom is -0.455 e. The van der Waals surface area contributed by atoms with Crippen LogP contribution >= 0.6 is 15.9 Å². The van der Waals surface area contributed by atoms with Crippen LogP contribution in [0.2, 0.25) is 0 Å². The van der Waals surface area contributed by atoms with Gasteiger partial charge in [0.15, 0.2) is 5.75 Å². The second kappa shape index (κ2) is 4.49. The van der Waals surface area contributed by atoms with E-state index < -0.39 is 5.82 Å². The molecule has 0 aliphatic heterocycles. The van der Waals surface area contributed by atoms with Gasteiger partial charge in [0, 0.05) is 18.5 Å². The zero-order valence-electron chi connectivity index (χ0n) is 8.15. The third-order valence-corrected chi connectivity index (χ3v) is 2.54. The van der Waals surface area contributed by atoms with Crippen molar-refractivity contribution in [2.45, 2.75) is 0 Å². The van der Waals surface area contributed by atoms with E-state index >= 15 is 0 Å². The van der Waals surface area contributed by atoms with Crippen LogP contribution in [-0.2, 0) is 0 Å². The molecule has 1 heterocycles. The summed E-state index contributed by atoms with van der Waals surface area (Å²) in [5.74, 6) is 0.425. The van der Waals surface area contributed by atoms with Gasteiger partial charge in [0.25, 0.3) is 0 Å². The molecule has 0 atom stereocenters. The number of halogens is 2. The van der Waals surface area contributed by atoms with Crippen molar-refractivity contribution in [1.82, 2.24) is 4.98 Å². The van der Waals surface area contributed by atoms with Gasteiger partial charge in [-0.25, -0.2) is 4.39 Å². The van der Waals surface area contributed by atoms with Crippen molar-refractivity contribution in [3.8, 4) is 11.5 Å². The summed E-state index contributed by atoms with van der Waals surface area (Å²) in [6.45, 7) is 0. The van der Waals surface area contributed by atoms with Crippen molar-refractivity contribution in [2.24, 2.45) is 0 Å². The number of nitrogens with zero attached hydrogens (tertiary/aromatic N) is 1. The predicted molar refractivity (Wildman–Crippen MR) is 62.8 cm³/mol. The molecule has 16 heavy (non-hydrogen) atoms. The lowest BCUT2D eigenvalue weighted by Gasteiger charge is -2.08. The van der Waals surface area contributed by atoms with Gasteiger partial charge in [-0.2, -0.15) is 0 Å². The Labute approximate surface area is 100 Å². The molecule has 0 spiro atoms. The molecule has 3 nitrogen and oxygen atoms in total. The largest absolute Gasteiger partial charge is 0.455 e. The van der Waals surface area contributed by atoms with E-state index in [-0.39, 0.29) is 5.75 Å². The summed E-state index contributed by atoms with van der Waals surface area (Å²) in [5.41, 5.74) is 6.07. The lowest BCUT2D eigenvalue weighted by molar-refractivity contribution is 0.478. The lowest BCUT2D eigenvalue weighted by atomic mass is 10.3. The van der Waals surface area contributed by atoms with Gasteiger partial charge < -0.3 is 10.5 Å². The fourth-order valence-corrected chi connectivity index (χ4v) is 1.53. The third kappa shape index (κ3) is 2.30. The van der Waals surface area contributed by atoms with Crippen molar-refractivity contribution in [3.05, 3.63) is 46.9 Å². The van der Waals surface area contributed by atoms with Crippen LogP contribution in [0.15, 0.2) is 41.1 Å². The highest BCUT2D eigenvalue weighted by Gasteiger charge is 2.07. The summed E-state index contributed by atoms with van der Waals surface area (Å²) < 4.78 is 19.0. The smallest absolute Gasteiger partial charge is 0.153 e. The molecule has 2 aromatic rings. The molecule has 0 aliphatic carbocycles. The van der Waals surface area contributed by atoms with Crippen LogP contribution in [0.4, 0.5) is 10.1 Å². The standard InChI is InChI=1S/C11H8BrFN2O/c12-8-5-10(14)11(6-9(8)13)16-7-1-3-15-4-2-7/h1-6H,14H2. The SMILES string of the molecule is Nc1cc(Br)c(F)cc1Oc1ccncc1. The highest BCUT2D eigenvalue weighted by molar-refractivity contribution is 9.10. The molecule has 1 aromatic heterocycles. The Morgan fingerprint density at radius 1 is 1.25 bits per heavy atom. The quantitative estimate of drug-likeness (QED) is 0.860. The van der Waals surface area contributed by atoms with Crippen LogP contribution in [0.25, 0.3) is 0 Å². The Bertz CT molecular complexity index is 505. The predicted octanol–water partition coefficient (Wildman–Crippen LogP) is 3.36. The summed E-state index contributed by atoms with van der Waals surface area (Å²) in [5, 5.41) is 0. The van der Waals surface area contributed by atoms with Gasteiger partial charge in [-0.05, 0) is 34.1 Å². The van der Waals surface area contributed by atoms with Crippen LogP contribution in [0.5, 0.6) is 11.5 Å². The first kappa shape index (κ1) is 10.9. The molecule has 0 amide bonds. The number of ether oxygens (including phenoxy) is 1. The Balaban J connectivity index is 2.32. The molecule has 2 N–H and O–H groups in total. The number of nitrogen functional groups attached to an aromatic ring is 1. The maximum Gasteiger partial charge on any atom is 0.153 e. The minimum atomic E-state index is -0.418. The number of aromatic nitrogens is 1. The van der Waals surface area contributed by atoms with Gasteiger partial charge in [0.1, 0.15) is 11.6 Å². The number of nitrogens with two attached hydrogens (primary N) is 1. The monoisotopic (exact) mass is 282 g/mol. The fraction of sp³-hybridized carbons (Fsp3) is 0. The lowest BCUT2D eigenvalue weighted by Crippen LogP contribution is -1.94. The van der Waals surface area contributed by atoms with Crippen LogP contribution in [0, 0.1) is 5.82 Å². The molecular weight excluding hydrogens is 275 g/mol. The normalized spacial score (nSPS) is 10.1. The molecule has 82 valence electrons. The second-order valence-electron chi connectivity index (χ2n) is 3.09. The molecule has 5 heteroatoms. The Hall–Kier alpha value is -1.62. The van der Waals surface area contributed by atoms with Crippen LogP contribution in [0.3, 0.4) is 0 Å². The summed E-state index contributed by atoms with van der Waals surface area (Å²) in [7, 11) is 0. The molecular formula is C11H8BrFN2O. The number of hydrogen-bond donors (Lipinski definition) is 1. The van der Waals surface area contributed by atoms with E-state index in [1.165, 1.54) is 12.1 Å². The summed E-state index contributed by atoms with van der Waals surface area (Å²) in [4.78, 5) is 3.85. The number of hydrogen-bond acceptors (Lipinski definition) is 3. The minimum absolute atomic E-state index is 0.284. The Morgan fingerprint density at radius 2 is 1.94 bits per heavy atom. The number of pyridine rings is 1. The van der Waals surface area contributed by atoms with Gasteiger partial charge in [-0.1, -0.05) is 0 Å². The summed E-state index contributed by atoms with van der Waals surface area (Å²) >= 11 is 3.05. The molecule has 0 saturated heterocycles. The number of benzene rings is 1. The van der Waals surface area contributed by atoms with Gasteiger partial charge in [0.2, 0.25) is 0 Å². The van der Waals surface area contributed by atoms with E-state index in [2.05, 4.69) is 20.9 Å². The van der Waals surface area contributed by atoms with Gasteiger partial charge in [0.05, 0.1) is 10.2 Å². The summed E-state index contributed by atoms with van der Waals surface area (Å²) in [6, 6.07) is 6.03. The second-order valence-corrected chi connectivity index (χ2v) is 3.94. The van der Waals surface area contributed by atoms with Crippen LogP contribution in [-0.4, -0.2) is 4.98 Å². The Morgan fingerprint density at radius 3 is 2.62 bits per heavy atom. The van der Waals surface area contributed by atoms with Crippen molar-refractivity contribution in [3.63, 3.8) is 0 Å². The zero-order valence-corrected chi connectivity index (χ0v) is 9.74. The first-order valence-electron chi connectivity index (χ1n) is 4.49. The van der Waals surface area contributed by atoms with Gasteiger partial charge >= 0.3 is 0 Å². The number of anilines is 1. The third-order valence-electron chi connectivity index (χ3n) is 1.93. The van der Waals surface area contributed by atoms with Crippen LogP contribution < -0.4 is 10.5 Å². The highest BCUT2D eigenvalue weighted by atomic mass is 79.9. The van der Waals surface area contributed by atoms with E-state index in [0.29, 0.717) is 15.9 Å². The maximum atomic E-state index is 13.3. The molecule has 0 saturated carbocycles. The highest BCUT2D eigenvalue weighted by Crippen LogP contribution is 2.31. The molecule has 0 radical (unpaired) electrons. The van der Waals surface area contributed by atoms with E-state index in [1.54, 1.807) is 24.5 Å². The van der Waals surface area contributed by atoms with Gasteiger partial charge in [-0.3, -0.25) is 4.98 Å². The topological polar surface area (TPSA) is 48.1 Å². The van der Waals surface area contributed by atoms with Crippen molar-refractivity contribution < 1.29 is 9.13 Å². The van der Waals surface area contributed by atoms with E-state index in [1.807, 2.05) is 0 Å². The maximum absolute atomic E-state index is 13.3.